The standard InChI is InChI=1S/C14H10ClN3O/c15-9-6-14(19)18(8-9)13-4-3-12-10(11(13)7-16)2-1-5-17-12/h1-5,9H,6,8H2. The van der Waals surface area contributed by atoms with E-state index in [1.807, 2.05) is 12.1 Å². The summed E-state index contributed by atoms with van der Waals surface area (Å²) in [5, 5.41) is 9.95. The van der Waals surface area contributed by atoms with Crippen LogP contribution in [0.2, 0.25) is 0 Å². The minimum Gasteiger partial charge on any atom is -0.310 e. The summed E-state index contributed by atoms with van der Waals surface area (Å²) in [6.07, 6.45) is 2.00. The maximum atomic E-state index is 11.9. The van der Waals surface area contributed by atoms with Crippen LogP contribution >= 0.6 is 11.6 Å². The van der Waals surface area contributed by atoms with Crippen LogP contribution in [-0.4, -0.2) is 22.8 Å². The van der Waals surface area contributed by atoms with E-state index < -0.39 is 0 Å². The van der Waals surface area contributed by atoms with Gasteiger partial charge in [-0.2, -0.15) is 5.26 Å². The Bertz CT molecular complexity index is 707. The first-order valence-electron chi connectivity index (χ1n) is 5.93. The van der Waals surface area contributed by atoms with Gasteiger partial charge in [0.2, 0.25) is 5.91 Å². The Labute approximate surface area is 115 Å². The molecule has 0 radical (unpaired) electrons. The lowest BCUT2D eigenvalue weighted by molar-refractivity contribution is -0.117. The molecule has 1 atom stereocenters. The van der Waals surface area contributed by atoms with Gasteiger partial charge in [0, 0.05) is 24.5 Å². The molecule has 1 aliphatic rings. The number of nitrogens with zero attached hydrogens (tertiary/aromatic N) is 3. The van der Waals surface area contributed by atoms with E-state index in [0.29, 0.717) is 24.2 Å². The number of carbonyl (C=O) groups excluding carboxylic acids is 1. The van der Waals surface area contributed by atoms with E-state index in [-0.39, 0.29) is 11.3 Å². The summed E-state index contributed by atoms with van der Waals surface area (Å²) in [6.45, 7) is 0.445. The molecule has 0 saturated carbocycles. The summed E-state index contributed by atoms with van der Waals surface area (Å²) in [7, 11) is 0. The first kappa shape index (κ1) is 11.9. The van der Waals surface area contributed by atoms with Crippen LogP contribution in [0.15, 0.2) is 30.5 Å². The van der Waals surface area contributed by atoms with E-state index in [0.717, 1.165) is 10.9 Å². The van der Waals surface area contributed by atoms with Crippen LogP contribution in [0, 0.1) is 11.3 Å². The van der Waals surface area contributed by atoms with E-state index in [9.17, 15) is 10.1 Å². The van der Waals surface area contributed by atoms with Gasteiger partial charge >= 0.3 is 0 Å². The van der Waals surface area contributed by atoms with Crippen molar-refractivity contribution in [2.45, 2.75) is 11.8 Å². The van der Waals surface area contributed by atoms with Gasteiger partial charge < -0.3 is 4.90 Å². The molecule has 0 bridgehead atoms. The summed E-state index contributed by atoms with van der Waals surface area (Å²) in [5.74, 6) is -0.0419. The average Bonchev–Trinajstić information content (AvgIpc) is 2.76. The molecule has 1 unspecified atom stereocenters. The van der Waals surface area contributed by atoms with Gasteiger partial charge in [0.25, 0.3) is 0 Å². The summed E-state index contributed by atoms with van der Waals surface area (Å²) >= 11 is 6.01. The Balaban J connectivity index is 2.20. The van der Waals surface area contributed by atoms with Crippen molar-refractivity contribution in [3.05, 3.63) is 36.0 Å². The maximum absolute atomic E-state index is 11.9. The van der Waals surface area contributed by atoms with Crippen molar-refractivity contribution in [2.75, 3.05) is 11.4 Å². The van der Waals surface area contributed by atoms with Crippen LogP contribution in [0.4, 0.5) is 5.69 Å². The topological polar surface area (TPSA) is 57.0 Å². The Morgan fingerprint density at radius 3 is 2.95 bits per heavy atom. The van der Waals surface area contributed by atoms with Gasteiger partial charge in [-0.15, -0.1) is 11.6 Å². The van der Waals surface area contributed by atoms with Gasteiger partial charge in [0.1, 0.15) is 6.07 Å². The lowest BCUT2D eigenvalue weighted by Crippen LogP contribution is -2.25. The fourth-order valence-corrected chi connectivity index (χ4v) is 2.65. The van der Waals surface area contributed by atoms with Crippen molar-refractivity contribution in [3.63, 3.8) is 0 Å². The molecule has 2 aromatic rings. The average molecular weight is 272 g/mol. The molecule has 4 nitrogen and oxygen atoms in total. The zero-order valence-corrected chi connectivity index (χ0v) is 10.8. The van der Waals surface area contributed by atoms with Crippen LogP contribution in [0.25, 0.3) is 10.9 Å². The summed E-state index contributed by atoms with van der Waals surface area (Å²) < 4.78 is 0. The second kappa shape index (κ2) is 4.52. The number of pyridine rings is 1. The van der Waals surface area contributed by atoms with Crippen LogP contribution in [0.5, 0.6) is 0 Å². The molecule has 2 heterocycles. The number of alkyl halides is 1. The van der Waals surface area contributed by atoms with Crippen molar-refractivity contribution < 1.29 is 4.79 Å². The van der Waals surface area contributed by atoms with Gasteiger partial charge in [-0.3, -0.25) is 9.78 Å². The van der Waals surface area contributed by atoms with E-state index in [4.69, 9.17) is 11.6 Å². The molecular formula is C14H10ClN3O. The number of nitriles is 1. The predicted octanol–water partition coefficient (Wildman–Crippen LogP) is 2.45. The summed E-state index contributed by atoms with van der Waals surface area (Å²) in [4.78, 5) is 17.7. The quantitative estimate of drug-likeness (QED) is 0.749. The molecule has 0 spiro atoms. The Morgan fingerprint density at radius 2 is 2.26 bits per heavy atom. The number of carbonyl (C=O) groups is 1. The van der Waals surface area contributed by atoms with Crippen LogP contribution < -0.4 is 4.90 Å². The van der Waals surface area contributed by atoms with Gasteiger partial charge in [0.15, 0.2) is 0 Å². The Hall–Kier alpha value is -2.12. The lowest BCUT2D eigenvalue weighted by Gasteiger charge is -2.18. The van der Waals surface area contributed by atoms with Gasteiger partial charge in [-0.05, 0) is 24.3 Å². The third-order valence-electron chi connectivity index (χ3n) is 3.24. The highest BCUT2D eigenvalue weighted by Gasteiger charge is 2.30. The van der Waals surface area contributed by atoms with E-state index in [1.54, 1.807) is 23.2 Å². The highest BCUT2D eigenvalue weighted by molar-refractivity contribution is 6.24. The van der Waals surface area contributed by atoms with Gasteiger partial charge in [0.05, 0.1) is 22.1 Å². The normalized spacial score (nSPS) is 18.8. The first-order valence-corrected chi connectivity index (χ1v) is 6.36. The van der Waals surface area contributed by atoms with Crippen molar-refractivity contribution in [3.8, 4) is 6.07 Å². The fraction of sp³-hybridized carbons (Fsp3) is 0.214. The van der Waals surface area contributed by atoms with Crippen molar-refractivity contribution in [1.82, 2.24) is 4.98 Å². The van der Waals surface area contributed by atoms with Crippen LogP contribution in [0.1, 0.15) is 12.0 Å². The number of hydrogen-bond donors (Lipinski definition) is 0. The zero-order valence-electron chi connectivity index (χ0n) is 10.0. The molecule has 1 aliphatic heterocycles. The maximum Gasteiger partial charge on any atom is 0.228 e. The number of benzene rings is 1. The largest absolute Gasteiger partial charge is 0.310 e. The Morgan fingerprint density at radius 1 is 1.42 bits per heavy atom. The molecule has 0 aliphatic carbocycles. The van der Waals surface area contributed by atoms with Crippen molar-refractivity contribution in [2.24, 2.45) is 0 Å². The van der Waals surface area contributed by atoms with Crippen molar-refractivity contribution in [1.29, 1.82) is 5.26 Å². The van der Waals surface area contributed by atoms with Gasteiger partial charge in [-0.1, -0.05) is 0 Å². The number of fused-ring (bicyclic) bond motifs is 1. The zero-order chi connectivity index (χ0) is 13.4. The third kappa shape index (κ3) is 1.92. The van der Waals surface area contributed by atoms with Crippen LogP contribution in [0.3, 0.4) is 0 Å². The molecule has 3 rings (SSSR count). The molecule has 19 heavy (non-hydrogen) atoms. The molecule has 5 heteroatoms. The minimum atomic E-state index is -0.191. The summed E-state index contributed by atoms with van der Waals surface area (Å²) in [5.41, 5.74) is 1.85. The minimum absolute atomic E-state index is 0.0419. The monoisotopic (exact) mass is 271 g/mol. The lowest BCUT2D eigenvalue weighted by atomic mass is 10.1. The number of anilines is 1. The number of aromatic nitrogens is 1. The highest BCUT2D eigenvalue weighted by Crippen LogP contribution is 2.31. The molecule has 0 N–H and O–H groups in total. The highest BCUT2D eigenvalue weighted by atomic mass is 35.5. The molecule has 1 amide bonds. The van der Waals surface area contributed by atoms with Gasteiger partial charge in [-0.25, -0.2) is 0 Å². The van der Waals surface area contributed by atoms with Crippen LogP contribution in [-0.2, 0) is 4.79 Å². The molecule has 1 saturated heterocycles. The van der Waals surface area contributed by atoms with E-state index in [1.165, 1.54) is 0 Å². The SMILES string of the molecule is N#Cc1c(N2CC(Cl)CC2=O)ccc2ncccc12. The van der Waals surface area contributed by atoms with Crippen molar-refractivity contribution >= 4 is 34.1 Å². The third-order valence-corrected chi connectivity index (χ3v) is 3.54. The first-order chi connectivity index (χ1) is 9.20. The number of hydrogen-bond acceptors (Lipinski definition) is 3. The van der Waals surface area contributed by atoms with E-state index in [2.05, 4.69) is 11.1 Å². The Kier molecular flexibility index (Phi) is 2.84. The second-order valence-electron chi connectivity index (χ2n) is 4.45. The van der Waals surface area contributed by atoms with E-state index >= 15 is 0 Å². The molecule has 1 fully saturated rings. The smallest absolute Gasteiger partial charge is 0.228 e. The molecule has 1 aromatic carbocycles. The summed E-state index contributed by atoms with van der Waals surface area (Å²) in [6, 6.07) is 9.38. The second-order valence-corrected chi connectivity index (χ2v) is 5.06. The number of rotatable bonds is 1. The molecular weight excluding hydrogens is 262 g/mol. The molecule has 1 aromatic heterocycles. The number of amides is 1. The number of halogens is 1. The fourth-order valence-electron chi connectivity index (χ4n) is 2.38. The molecule has 94 valence electrons. The predicted molar refractivity (Wildman–Crippen MR) is 73.1 cm³/mol.